The molecule has 1 heterocycles. The van der Waals surface area contributed by atoms with Gasteiger partial charge < -0.3 is 9.52 Å². The molecule has 136 valence electrons. The second kappa shape index (κ2) is 7.39. The van der Waals surface area contributed by atoms with Gasteiger partial charge in [0.15, 0.2) is 5.43 Å². The second-order valence-corrected chi connectivity index (χ2v) is 7.92. The smallest absolute Gasteiger partial charge is 0.232 e. The summed E-state index contributed by atoms with van der Waals surface area (Å²) in [4.78, 5) is 12.6. The Hall–Kier alpha value is -2.51. The van der Waals surface area contributed by atoms with E-state index >= 15 is 0 Å². The van der Waals surface area contributed by atoms with Crippen molar-refractivity contribution in [2.24, 2.45) is 0 Å². The Labute approximate surface area is 155 Å². The lowest BCUT2D eigenvalue weighted by Gasteiger charge is -2.08. The number of phenols is 1. The van der Waals surface area contributed by atoms with Crippen molar-refractivity contribution >= 4 is 38.3 Å². The van der Waals surface area contributed by atoms with Crippen LogP contribution in [0.5, 0.6) is 5.75 Å². The van der Waals surface area contributed by atoms with Gasteiger partial charge in [0, 0.05) is 17.6 Å². The Balaban J connectivity index is 1.89. The normalized spacial score (nSPS) is 11.6. The summed E-state index contributed by atoms with van der Waals surface area (Å²) in [5, 5.41) is 9.81. The van der Waals surface area contributed by atoms with Crippen LogP contribution in [0.4, 0.5) is 5.69 Å². The summed E-state index contributed by atoms with van der Waals surface area (Å²) in [7, 11) is -3.45. The number of alkyl halides is 1. The molecule has 0 atom stereocenters. The third kappa shape index (κ3) is 4.00. The van der Waals surface area contributed by atoms with Crippen LogP contribution in [0, 0.1) is 0 Å². The molecule has 0 unspecified atom stereocenters. The molecule has 1 aromatic heterocycles. The highest BCUT2D eigenvalue weighted by Gasteiger charge is 2.12. The number of nitrogens with one attached hydrogen (secondary N) is 1. The molecule has 0 radical (unpaired) electrons. The zero-order chi connectivity index (χ0) is 18.7. The van der Waals surface area contributed by atoms with Crippen molar-refractivity contribution in [3.05, 3.63) is 59.0 Å². The van der Waals surface area contributed by atoms with Crippen LogP contribution in [0.25, 0.3) is 22.1 Å². The van der Waals surface area contributed by atoms with E-state index in [-0.39, 0.29) is 22.8 Å². The number of sulfonamides is 1. The van der Waals surface area contributed by atoms with Crippen LogP contribution in [0.15, 0.2) is 57.9 Å². The molecule has 3 rings (SSSR count). The van der Waals surface area contributed by atoms with Gasteiger partial charge in [-0.15, -0.1) is 11.6 Å². The lowest BCUT2D eigenvalue weighted by molar-refractivity contribution is 0.474. The van der Waals surface area contributed by atoms with E-state index in [1.165, 1.54) is 24.5 Å². The Morgan fingerprint density at radius 3 is 2.54 bits per heavy atom. The first-order valence-electron chi connectivity index (χ1n) is 7.81. The maximum Gasteiger partial charge on any atom is 0.232 e. The number of rotatable bonds is 6. The fraction of sp³-hybridized carbons (Fsp3) is 0.167. The molecule has 6 nitrogen and oxygen atoms in total. The molecule has 0 fully saturated rings. The van der Waals surface area contributed by atoms with Gasteiger partial charge in [0.1, 0.15) is 17.6 Å². The number of phenolic OH excluding ortho intramolecular Hbond substituents is 1. The topological polar surface area (TPSA) is 96.6 Å². The van der Waals surface area contributed by atoms with E-state index in [1.54, 1.807) is 24.3 Å². The Morgan fingerprint density at radius 2 is 1.85 bits per heavy atom. The maximum atomic E-state index is 12.6. The van der Waals surface area contributed by atoms with E-state index < -0.39 is 10.0 Å². The summed E-state index contributed by atoms with van der Waals surface area (Å²) < 4.78 is 31.7. The Bertz CT molecular complexity index is 1090. The SMILES string of the molecule is O=c1c(-c2ccc(NS(=O)(=O)CCCCl)cc2)coc2cc(O)ccc12. The molecule has 0 amide bonds. The molecule has 2 aromatic carbocycles. The largest absolute Gasteiger partial charge is 0.508 e. The van der Waals surface area contributed by atoms with E-state index in [4.69, 9.17) is 16.0 Å². The van der Waals surface area contributed by atoms with Gasteiger partial charge in [-0.2, -0.15) is 0 Å². The van der Waals surface area contributed by atoms with Gasteiger partial charge in [-0.1, -0.05) is 12.1 Å². The monoisotopic (exact) mass is 393 g/mol. The molecule has 0 aliphatic rings. The van der Waals surface area contributed by atoms with Gasteiger partial charge in [0.25, 0.3) is 0 Å². The second-order valence-electron chi connectivity index (χ2n) is 5.70. The number of fused-ring (bicyclic) bond motifs is 1. The van der Waals surface area contributed by atoms with Gasteiger partial charge in [0.2, 0.25) is 10.0 Å². The number of benzene rings is 2. The van der Waals surface area contributed by atoms with Gasteiger partial charge in [-0.05, 0) is 36.2 Å². The van der Waals surface area contributed by atoms with Gasteiger partial charge in [-0.3, -0.25) is 9.52 Å². The molecule has 0 saturated heterocycles. The molecule has 0 aliphatic carbocycles. The Morgan fingerprint density at radius 1 is 1.12 bits per heavy atom. The number of halogens is 1. The highest BCUT2D eigenvalue weighted by molar-refractivity contribution is 7.92. The van der Waals surface area contributed by atoms with E-state index in [0.29, 0.717) is 34.2 Å². The summed E-state index contributed by atoms with van der Waals surface area (Å²) in [6.07, 6.45) is 1.69. The standard InChI is InChI=1S/C18H16ClNO5S/c19-8-1-9-26(23,24)20-13-4-2-12(3-5-13)16-11-25-17-10-14(21)6-7-15(17)18(16)22/h2-7,10-11,20-21H,1,8-9H2. The third-order valence-corrected chi connectivity index (χ3v) is 5.41. The molecular formula is C18H16ClNO5S. The van der Waals surface area contributed by atoms with Gasteiger partial charge in [0.05, 0.1) is 16.7 Å². The van der Waals surface area contributed by atoms with Crippen LogP contribution in [-0.4, -0.2) is 25.2 Å². The minimum absolute atomic E-state index is 0.0132. The van der Waals surface area contributed by atoms with Crippen molar-refractivity contribution in [2.75, 3.05) is 16.4 Å². The van der Waals surface area contributed by atoms with E-state index in [2.05, 4.69) is 4.72 Å². The number of anilines is 1. The minimum Gasteiger partial charge on any atom is -0.508 e. The summed E-state index contributed by atoms with van der Waals surface area (Å²) in [6, 6.07) is 10.7. The first-order chi connectivity index (χ1) is 12.4. The van der Waals surface area contributed by atoms with Crippen LogP contribution in [0.2, 0.25) is 0 Å². The number of hydrogen-bond donors (Lipinski definition) is 2. The summed E-state index contributed by atoms with van der Waals surface area (Å²) in [6.45, 7) is 0. The molecule has 0 spiro atoms. The average Bonchev–Trinajstić information content (AvgIpc) is 2.61. The highest BCUT2D eigenvalue weighted by Crippen LogP contribution is 2.24. The zero-order valence-corrected chi connectivity index (χ0v) is 15.2. The summed E-state index contributed by atoms with van der Waals surface area (Å²) in [5.41, 5.74) is 1.40. The van der Waals surface area contributed by atoms with E-state index in [1.807, 2.05) is 0 Å². The molecule has 26 heavy (non-hydrogen) atoms. The van der Waals surface area contributed by atoms with Crippen molar-refractivity contribution in [1.29, 1.82) is 0 Å². The summed E-state index contributed by atoms with van der Waals surface area (Å²) >= 11 is 5.52. The van der Waals surface area contributed by atoms with E-state index in [9.17, 15) is 18.3 Å². The lowest BCUT2D eigenvalue weighted by Crippen LogP contribution is -2.16. The van der Waals surface area contributed by atoms with Gasteiger partial charge in [-0.25, -0.2) is 8.42 Å². The molecule has 0 saturated carbocycles. The molecule has 0 bridgehead atoms. The minimum atomic E-state index is -3.45. The zero-order valence-electron chi connectivity index (χ0n) is 13.6. The Kier molecular flexibility index (Phi) is 5.20. The van der Waals surface area contributed by atoms with Gasteiger partial charge >= 0.3 is 0 Å². The van der Waals surface area contributed by atoms with Crippen molar-refractivity contribution in [1.82, 2.24) is 0 Å². The molecular weight excluding hydrogens is 378 g/mol. The number of hydrogen-bond acceptors (Lipinski definition) is 5. The van der Waals surface area contributed by atoms with Crippen molar-refractivity contribution in [2.45, 2.75) is 6.42 Å². The van der Waals surface area contributed by atoms with Crippen molar-refractivity contribution in [3.8, 4) is 16.9 Å². The maximum absolute atomic E-state index is 12.6. The van der Waals surface area contributed by atoms with Crippen LogP contribution in [-0.2, 0) is 10.0 Å². The highest BCUT2D eigenvalue weighted by atomic mass is 35.5. The molecule has 8 heteroatoms. The number of aromatic hydroxyl groups is 1. The van der Waals surface area contributed by atoms with Crippen molar-refractivity contribution < 1.29 is 17.9 Å². The predicted molar refractivity (Wildman–Crippen MR) is 102 cm³/mol. The fourth-order valence-electron chi connectivity index (χ4n) is 2.51. The fourth-order valence-corrected chi connectivity index (χ4v) is 3.92. The quantitative estimate of drug-likeness (QED) is 0.624. The first-order valence-corrected chi connectivity index (χ1v) is 10.00. The third-order valence-electron chi connectivity index (χ3n) is 3.77. The van der Waals surface area contributed by atoms with E-state index in [0.717, 1.165) is 0 Å². The summed E-state index contributed by atoms with van der Waals surface area (Å²) in [5.74, 6) is 0.230. The van der Waals surface area contributed by atoms with Crippen LogP contribution < -0.4 is 10.2 Å². The predicted octanol–water partition coefficient (Wildman–Crippen LogP) is 3.54. The lowest BCUT2D eigenvalue weighted by atomic mass is 10.1. The van der Waals surface area contributed by atoms with Crippen LogP contribution in [0.1, 0.15) is 6.42 Å². The molecule has 3 aromatic rings. The first kappa shape index (κ1) is 18.3. The van der Waals surface area contributed by atoms with Crippen LogP contribution in [0.3, 0.4) is 0 Å². The average molecular weight is 394 g/mol. The molecule has 2 N–H and O–H groups in total. The van der Waals surface area contributed by atoms with Crippen LogP contribution >= 0.6 is 11.6 Å². The van der Waals surface area contributed by atoms with Crippen molar-refractivity contribution in [3.63, 3.8) is 0 Å². The molecule has 0 aliphatic heterocycles.